The normalized spacial score (nSPS) is 23.7. The van der Waals surface area contributed by atoms with Crippen molar-refractivity contribution in [1.29, 1.82) is 0 Å². The van der Waals surface area contributed by atoms with Crippen LogP contribution in [0.3, 0.4) is 0 Å². The van der Waals surface area contributed by atoms with Gasteiger partial charge in [-0.15, -0.1) is 0 Å². The van der Waals surface area contributed by atoms with Crippen LogP contribution in [0.4, 0.5) is 0 Å². The second kappa shape index (κ2) is 3.90. The Morgan fingerprint density at radius 3 is 3.09 bits per heavy atom. The van der Waals surface area contributed by atoms with Crippen LogP contribution in [0, 0.1) is 0 Å². The number of hydrogen-bond acceptors (Lipinski definition) is 2. The molecule has 1 aliphatic heterocycles. The minimum absolute atomic E-state index is 0.0897. The van der Waals surface area contributed by atoms with Crippen molar-refractivity contribution in [2.45, 2.75) is 18.9 Å². The van der Waals surface area contributed by atoms with Gasteiger partial charge in [0.1, 0.15) is 0 Å². The molecule has 0 saturated carbocycles. The van der Waals surface area contributed by atoms with Gasteiger partial charge in [-0.05, 0) is 19.0 Å². The minimum Gasteiger partial charge on any atom is -0.368 e. The summed E-state index contributed by atoms with van der Waals surface area (Å²) in [6, 6.07) is 0.0897. The summed E-state index contributed by atoms with van der Waals surface area (Å²) < 4.78 is 0. The first kappa shape index (κ1) is 8.78. The lowest BCUT2D eigenvalue weighted by atomic mass is 10.1. The summed E-state index contributed by atoms with van der Waals surface area (Å²) in [5, 5.41) is 0.460. The number of nitrogens with zero attached hydrogens (tertiary/aromatic N) is 1. The number of likely N-dealkylation sites (tertiary alicyclic amines) is 1. The summed E-state index contributed by atoms with van der Waals surface area (Å²) in [7, 11) is 0. The summed E-state index contributed by atoms with van der Waals surface area (Å²) >= 11 is 3.17. The van der Waals surface area contributed by atoms with Crippen molar-refractivity contribution in [3.05, 3.63) is 12.8 Å². The molecule has 1 atom stereocenters. The van der Waals surface area contributed by atoms with Crippen LogP contribution >= 0.6 is 15.9 Å². The van der Waals surface area contributed by atoms with Crippen LogP contribution in [0.5, 0.6) is 0 Å². The first-order valence-electron chi connectivity index (χ1n) is 3.76. The molecule has 1 saturated heterocycles. The van der Waals surface area contributed by atoms with E-state index in [1.165, 1.54) is 0 Å². The number of ketones is 1. The summed E-state index contributed by atoms with van der Waals surface area (Å²) in [5.74, 6) is 0.266. The van der Waals surface area contributed by atoms with E-state index in [4.69, 9.17) is 0 Å². The van der Waals surface area contributed by atoms with Crippen LogP contribution in [0.15, 0.2) is 12.8 Å². The quantitative estimate of drug-likeness (QED) is 0.670. The number of alkyl halides is 1. The predicted octanol–water partition coefficient (Wildman–Crippen LogP) is 1.56. The van der Waals surface area contributed by atoms with Gasteiger partial charge in [-0.1, -0.05) is 22.5 Å². The Labute approximate surface area is 75.4 Å². The van der Waals surface area contributed by atoms with Crippen molar-refractivity contribution in [2.75, 3.05) is 11.9 Å². The van der Waals surface area contributed by atoms with Crippen molar-refractivity contribution in [2.24, 2.45) is 0 Å². The van der Waals surface area contributed by atoms with E-state index in [0.717, 1.165) is 19.4 Å². The smallest absolute Gasteiger partial charge is 0.165 e. The van der Waals surface area contributed by atoms with Gasteiger partial charge >= 0.3 is 0 Å². The van der Waals surface area contributed by atoms with Crippen molar-refractivity contribution in [3.8, 4) is 0 Å². The molecule has 0 aromatic carbocycles. The molecular weight excluding hydrogens is 206 g/mol. The molecule has 1 aliphatic rings. The first-order valence-corrected chi connectivity index (χ1v) is 4.88. The third-order valence-electron chi connectivity index (χ3n) is 2.03. The van der Waals surface area contributed by atoms with E-state index < -0.39 is 0 Å². The highest BCUT2D eigenvalue weighted by molar-refractivity contribution is 9.09. The molecule has 0 radical (unpaired) electrons. The monoisotopic (exact) mass is 217 g/mol. The van der Waals surface area contributed by atoms with Crippen molar-refractivity contribution in [3.63, 3.8) is 0 Å². The number of rotatable bonds is 3. The third kappa shape index (κ3) is 1.83. The molecular formula is C8H12BrNO. The average molecular weight is 218 g/mol. The lowest BCUT2D eigenvalue weighted by molar-refractivity contribution is -0.119. The van der Waals surface area contributed by atoms with E-state index in [1.54, 1.807) is 6.20 Å². The topological polar surface area (TPSA) is 20.3 Å². The Balaban J connectivity index is 2.56. The molecule has 1 heterocycles. The van der Waals surface area contributed by atoms with Crippen LogP contribution in [0.2, 0.25) is 0 Å². The van der Waals surface area contributed by atoms with Crippen LogP contribution in [-0.2, 0) is 4.79 Å². The Hall–Kier alpha value is -0.310. The van der Waals surface area contributed by atoms with Crippen LogP contribution in [0.25, 0.3) is 0 Å². The van der Waals surface area contributed by atoms with Crippen molar-refractivity contribution < 1.29 is 4.79 Å². The lowest BCUT2D eigenvalue weighted by Crippen LogP contribution is -2.32. The standard InChI is InChI=1S/C8H12BrNO/c1-2-10-5-3-4-7(10)8(11)6-9/h2,7H,1,3-6H2/t7-/m0/s1. The molecule has 0 spiro atoms. The second-order valence-corrected chi connectivity index (χ2v) is 3.24. The largest absolute Gasteiger partial charge is 0.368 e. The molecule has 0 bridgehead atoms. The molecule has 1 fully saturated rings. The van der Waals surface area contributed by atoms with Gasteiger partial charge in [0.05, 0.1) is 11.4 Å². The fourth-order valence-electron chi connectivity index (χ4n) is 1.44. The number of Topliss-reactive ketones (excluding diaryl/α,β-unsaturated/α-hetero) is 1. The zero-order valence-corrected chi connectivity index (χ0v) is 8.01. The van der Waals surface area contributed by atoms with Gasteiger partial charge in [0.25, 0.3) is 0 Å². The van der Waals surface area contributed by atoms with Gasteiger partial charge in [-0.3, -0.25) is 4.79 Å². The second-order valence-electron chi connectivity index (χ2n) is 2.68. The Bertz CT molecular complexity index is 169. The van der Waals surface area contributed by atoms with Gasteiger partial charge < -0.3 is 4.90 Å². The molecule has 0 aromatic rings. The van der Waals surface area contributed by atoms with E-state index in [0.29, 0.717) is 5.33 Å². The van der Waals surface area contributed by atoms with E-state index in [-0.39, 0.29) is 11.8 Å². The zero-order valence-electron chi connectivity index (χ0n) is 6.42. The van der Waals surface area contributed by atoms with Gasteiger partial charge in [-0.2, -0.15) is 0 Å². The van der Waals surface area contributed by atoms with Crippen molar-refractivity contribution >= 4 is 21.7 Å². The van der Waals surface area contributed by atoms with Gasteiger partial charge in [0.15, 0.2) is 5.78 Å². The maximum atomic E-state index is 11.2. The molecule has 2 nitrogen and oxygen atoms in total. The number of carbonyl (C=O) groups excluding carboxylic acids is 1. The molecule has 1 rings (SSSR count). The zero-order chi connectivity index (χ0) is 8.27. The highest BCUT2D eigenvalue weighted by Crippen LogP contribution is 2.18. The summed E-state index contributed by atoms with van der Waals surface area (Å²) in [6.07, 6.45) is 3.85. The fraction of sp³-hybridized carbons (Fsp3) is 0.625. The molecule has 0 aliphatic carbocycles. The molecule has 62 valence electrons. The Morgan fingerprint density at radius 2 is 2.55 bits per heavy atom. The average Bonchev–Trinajstić information content (AvgIpc) is 2.50. The summed E-state index contributed by atoms with van der Waals surface area (Å²) in [5.41, 5.74) is 0. The molecule has 11 heavy (non-hydrogen) atoms. The number of halogens is 1. The third-order valence-corrected chi connectivity index (χ3v) is 2.58. The van der Waals surface area contributed by atoms with E-state index >= 15 is 0 Å². The molecule has 0 amide bonds. The molecule has 0 unspecified atom stereocenters. The van der Waals surface area contributed by atoms with Gasteiger partial charge in [0.2, 0.25) is 0 Å². The molecule has 3 heteroatoms. The minimum atomic E-state index is 0.0897. The Kier molecular flexibility index (Phi) is 3.12. The van der Waals surface area contributed by atoms with Gasteiger partial charge in [-0.25, -0.2) is 0 Å². The summed E-state index contributed by atoms with van der Waals surface area (Å²) in [4.78, 5) is 13.3. The highest BCUT2D eigenvalue weighted by atomic mass is 79.9. The fourth-order valence-corrected chi connectivity index (χ4v) is 1.82. The van der Waals surface area contributed by atoms with E-state index in [2.05, 4.69) is 22.5 Å². The number of carbonyl (C=O) groups is 1. The molecule has 0 N–H and O–H groups in total. The predicted molar refractivity (Wildman–Crippen MR) is 48.7 cm³/mol. The van der Waals surface area contributed by atoms with Crippen LogP contribution < -0.4 is 0 Å². The number of hydrogen-bond donors (Lipinski definition) is 0. The SMILES string of the molecule is C=CN1CCC[C@H]1C(=O)CBr. The Morgan fingerprint density at radius 1 is 1.82 bits per heavy atom. The van der Waals surface area contributed by atoms with Crippen LogP contribution in [-0.4, -0.2) is 28.6 Å². The summed E-state index contributed by atoms with van der Waals surface area (Å²) in [6.45, 7) is 4.65. The van der Waals surface area contributed by atoms with E-state index in [1.807, 2.05) is 4.90 Å². The van der Waals surface area contributed by atoms with Crippen LogP contribution in [0.1, 0.15) is 12.8 Å². The maximum Gasteiger partial charge on any atom is 0.165 e. The lowest BCUT2D eigenvalue weighted by Gasteiger charge is -2.19. The van der Waals surface area contributed by atoms with Gasteiger partial charge in [0, 0.05) is 6.54 Å². The highest BCUT2D eigenvalue weighted by Gasteiger charge is 2.26. The van der Waals surface area contributed by atoms with E-state index in [9.17, 15) is 4.79 Å². The maximum absolute atomic E-state index is 11.2. The first-order chi connectivity index (χ1) is 5.29. The molecule has 0 aromatic heterocycles. The van der Waals surface area contributed by atoms with Crippen molar-refractivity contribution in [1.82, 2.24) is 4.90 Å².